The maximum absolute atomic E-state index is 11.9. The smallest absolute Gasteiger partial charge is 0.323 e. The molecular weight excluding hydrogens is 282 g/mol. The molecule has 1 aromatic rings. The van der Waals surface area contributed by atoms with Gasteiger partial charge in [0.2, 0.25) is 0 Å². The Morgan fingerprint density at radius 1 is 1.36 bits per heavy atom. The molecule has 1 aliphatic heterocycles. The zero-order chi connectivity index (χ0) is 15.6. The van der Waals surface area contributed by atoms with Crippen molar-refractivity contribution in [3.8, 4) is 0 Å². The van der Waals surface area contributed by atoms with Gasteiger partial charge in [0.25, 0.3) is 0 Å². The second-order valence-electron chi connectivity index (χ2n) is 5.39. The van der Waals surface area contributed by atoms with Crippen molar-refractivity contribution in [2.45, 2.75) is 38.0 Å². The van der Waals surface area contributed by atoms with Crippen LogP contribution in [0.25, 0.3) is 0 Å². The lowest BCUT2D eigenvalue weighted by atomic mass is 10.1. The van der Waals surface area contributed by atoms with Gasteiger partial charge in [0.15, 0.2) is 6.29 Å². The summed E-state index contributed by atoms with van der Waals surface area (Å²) in [5.41, 5.74) is 1.10. The number of ether oxygens (including phenoxy) is 3. The number of benzene rings is 1. The van der Waals surface area contributed by atoms with Crippen LogP contribution in [0.15, 0.2) is 30.3 Å². The third-order valence-corrected chi connectivity index (χ3v) is 3.70. The summed E-state index contributed by atoms with van der Waals surface area (Å²) in [5.74, 6) is -0.252. The summed E-state index contributed by atoms with van der Waals surface area (Å²) < 4.78 is 16.0. The van der Waals surface area contributed by atoms with Crippen molar-refractivity contribution in [1.29, 1.82) is 0 Å². The topological polar surface area (TPSA) is 56.8 Å². The van der Waals surface area contributed by atoms with Crippen LogP contribution >= 0.6 is 0 Å². The highest BCUT2D eigenvalue weighted by molar-refractivity contribution is 5.76. The summed E-state index contributed by atoms with van der Waals surface area (Å²) >= 11 is 0. The summed E-state index contributed by atoms with van der Waals surface area (Å²) in [5, 5.41) is 3.20. The average molecular weight is 307 g/mol. The third kappa shape index (κ3) is 5.75. The fourth-order valence-corrected chi connectivity index (χ4v) is 2.50. The van der Waals surface area contributed by atoms with Crippen LogP contribution in [0.3, 0.4) is 0 Å². The Balaban J connectivity index is 1.73. The Hall–Kier alpha value is -1.43. The zero-order valence-corrected chi connectivity index (χ0v) is 13.1. The van der Waals surface area contributed by atoms with E-state index in [0.717, 1.165) is 31.4 Å². The predicted molar refractivity (Wildman–Crippen MR) is 83.5 cm³/mol. The van der Waals surface area contributed by atoms with Gasteiger partial charge >= 0.3 is 5.97 Å². The summed E-state index contributed by atoms with van der Waals surface area (Å²) in [6.45, 7) is 1.89. The van der Waals surface area contributed by atoms with Gasteiger partial charge < -0.3 is 19.5 Å². The fraction of sp³-hybridized carbons (Fsp3) is 0.588. The van der Waals surface area contributed by atoms with Crippen molar-refractivity contribution in [1.82, 2.24) is 5.32 Å². The van der Waals surface area contributed by atoms with E-state index in [1.165, 1.54) is 7.11 Å². The quantitative estimate of drug-likeness (QED) is 0.587. The van der Waals surface area contributed by atoms with Gasteiger partial charge in [-0.15, -0.1) is 0 Å². The molecule has 1 aromatic carbocycles. The van der Waals surface area contributed by atoms with E-state index in [2.05, 4.69) is 5.32 Å². The van der Waals surface area contributed by atoms with Gasteiger partial charge in [-0.25, -0.2) is 0 Å². The Kier molecular flexibility index (Phi) is 7.36. The molecule has 1 fully saturated rings. The highest BCUT2D eigenvalue weighted by atomic mass is 16.7. The molecule has 0 saturated carbocycles. The van der Waals surface area contributed by atoms with Crippen LogP contribution in [0, 0.1) is 0 Å². The molecule has 1 N–H and O–H groups in total. The van der Waals surface area contributed by atoms with Crippen LogP contribution in [0.2, 0.25) is 0 Å². The van der Waals surface area contributed by atoms with Gasteiger partial charge in [-0.3, -0.25) is 4.79 Å². The molecule has 0 amide bonds. The van der Waals surface area contributed by atoms with Crippen LogP contribution in [-0.2, 0) is 25.4 Å². The van der Waals surface area contributed by atoms with Crippen LogP contribution in [0.5, 0.6) is 0 Å². The van der Waals surface area contributed by atoms with Crippen molar-refractivity contribution in [3.05, 3.63) is 35.9 Å². The molecule has 2 unspecified atom stereocenters. The van der Waals surface area contributed by atoms with Crippen molar-refractivity contribution in [3.63, 3.8) is 0 Å². The van der Waals surface area contributed by atoms with Crippen molar-refractivity contribution < 1.29 is 19.0 Å². The molecule has 0 radical (unpaired) electrons. The SMILES string of the molecule is COC(=O)C(Cc1ccccc1)NCCOC1CCCCO1. The second-order valence-corrected chi connectivity index (χ2v) is 5.39. The number of rotatable bonds is 8. The molecule has 0 bridgehead atoms. The second kappa shape index (κ2) is 9.56. The van der Waals surface area contributed by atoms with Gasteiger partial charge in [0.1, 0.15) is 6.04 Å². The number of methoxy groups -OCH3 is 1. The molecule has 2 atom stereocenters. The van der Waals surface area contributed by atoms with Gasteiger partial charge in [-0.2, -0.15) is 0 Å². The first-order valence-electron chi connectivity index (χ1n) is 7.88. The van der Waals surface area contributed by atoms with E-state index in [1.54, 1.807) is 0 Å². The molecule has 5 heteroatoms. The first kappa shape index (κ1) is 16.9. The van der Waals surface area contributed by atoms with Crippen LogP contribution in [0.1, 0.15) is 24.8 Å². The minimum atomic E-state index is -0.358. The normalized spacial score (nSPS) is 19.6. The summed E-state index contributed by atoms with van der Waals surface area (Å²) in [7, 11) is 1.41. The van der Waals surface area contributed by atoms with E-state index >= 15 is 0 Å². The van der Waals surface area contributed by atoms with Crippen LogP contribution in [0.4, 0.5) is 0 Å². The maximum atomic E-state index is 11.9. The Morgan fingerprint density at radius 3 is 2.86 bits per heavy atom. The molecule has 22 heavy (non-hydrogen) atoms. The molecule has 122 valence electrons. The van der Waals surface area contributed by atoms with Crippen molar-refractivity contribution in [2.75, 3.05) is 26.9 Å². The van der Waals surface area contributed by atoms with E-state index in [9.17, 15) is 4.79 Å². The van der Waals surface area contributed by atoms with Crippen molar-refractivity contribution >= 4 is 5.97 Å². The van der Waals surface area contributed by atoms with E-state index in [0.29, 0.717) is 19.6 Å². The summed E-state index contributed by atoms with van der Waals surface area (Å²) in [6, 6.07) is 9.54. The molecule has 1 aliphatic rings. The molecule has 0 aliphatic carbocycles. The molecule has 0 aromatic heterocycles. The zero-order valence-electron chi connectivity index (χ0n) is 13.1. The lowest BCUT2D eigenvalue weighted by Crippen LogP contribution is -2.41. The lowest BCUT2D eigenvalue weighted by Gasteiger charge is -2.23. The van der Waals surface area contributed by atoms with E-state index in [-0.39, 0.29) is 18.3 Å². The molecule has 0 spiro atoms. The number of carbonyl (C=O) groups is 1. The number of carbonyl (C=O) groups excluding carboxylic acids is 1. The molecule has 1 saturated heterocycles. The average Bonchev–Trinajstić information content (AvgIpc) is 2.58. The van der Waals surface area contributed by atoms with E-state index in [4.69, 9.17) is 14.2 Å². The molecule has 2 rings (SSSR count). The number of esters is 1. The minimum absolute atomic E-state index is 0.0961. The van der Waals surface area contributed by atoms with Crippen LogP contribution in [-0.4, -0.2) is 45.2 Å². The molecule has 5 nitrogen and oxygen atoms in total. The van der Waals surface area contributed by atoms with Gasteiger partial charge in [-0.05, 0) is 31.2 Å². The highest BCUT2D eigenvalue weighted by Crippen LogP contribution is 2.13. The van der Waals surface area contributed by atoms with Gasteiger partial charge in [0.05, 0.1) is 13.7 Å². The number of hydrogen-bond acceptors (Lipinski definition) is 5. The highest BCUT2D eigenvalue weighted by Gasteiger charge is 2.19. The van der Waals surface area contributed by atoms with E-state index < -0.39 is 0 Å². The summed E-state index contributed by atoms with van der Waals surface area (Å²) in [6.07, 6.45) is 3.72. The van der Waals surface area contributed by atoms with Crippen LogP contribution < -0.4 is 5.32 Å². The first-order chi connectivity index (χ1) is 10.8. The Morgan fingerprint density at radius 2 is 2.18 bits per heavy atom. The predicted octanol–water partition coefficient (Wildman–Crippen LogP) is 1.90. The lowest BCUT2D eigenvalue weighted by molar-refractivity contribution is -0.161. The molecular formula is C17H25NO4. The Labute approximate surface area is 131 Å². The third-order valence-electron chi connectivity index (χ3n) is 3.70. The first-order valence-corrected chi connectivity index (χ1v) is 7.88. The Bertz CT molecular complexity index is 432. The minimum Gasteiger partial charge on any atom is -0.468 e. The number of nitrogens with one attached hydrogen (secondary N) is 1. The summed E-state index contributed by atoms with van der Waals surface area (Å²) in [4.78, 5) is 11.9. The van der Waals surface area contributed by atoms with Gasteiger partial charge in [-0.1, -0.05) is 30.3 Å². The van der Waals surface area contributed by atoms with E-state index in [1.807, 2.05) is 30.3 Å². The monoisotopic (exact) mass is 307 g/mol. The van der Waals surface area contributed by atoms with Crippen molar-refractivity contribution in [2.24, 2.45) is 0 Å². The fourth-order valence-electron chi connectivity index (χ4n) is 2.50. The maximum Gasteiger partial charge on any atom is 0.323 e. The molecule has 1 heterocycles. The standard InChI is InChI=1S/C17H25NO4/c1-20-17(19)15(13-14-7-3-2-4-8-14)18-10-12-22-16-9-5-6-11-21-16/h2-4,7-8,15-16,18H,5-6,9-13H2,1H3. The largest absolute Gasteiger partial charge is 0.468 e. The van der Waals surface area contributed by atoms with Gasteiger partial charge in [0, 0.05) is 13.2 Å². The number of hydrogen-bond donors (Lipinski definition) is 1.